The molecule has 5 N–H and O–H groups in total. The monoisotopic (exact) mass is 287 g/mol. The van der Waals surface area contributed by atoms with Crippen molar-refractivity contribution in [2.24, 2.45) is 11.7 Å². The van der Waals surface area contributed by atoms with Gasteiger partial charge in [0, 0.05) is 17.2 Å². The molecule has 2 rings (SSSR count). The normalized spacial score (nSPS) is 15.1. The summed E-state index contributed by atoms with van der Waals surface area (Å²) in [5.74, 6) is 5.77. The molecule has 0 bridgehead atoms. The average Bonchev–Trinajstić information content (AvgIpc) is 2.54. The summed E-state index contributed by atoms with van der Waals surface area (Å²) in [6.45, 7) is 1.92. The largest absolute Gasteiger partial charge is 0.392 e. The summed E-state index contributed by atoms with van der Waals surface area (Å²) in [7, 11) is 0. The quantitative estimate of drug-likeness (QED) is 0.607. The van der Waals surface area contributed by atoms with Gasteiger partial charge in [0.15, 0.2) is 0 Å². The smallest absolute Gasteiger partial charge is 0.227 e. The predicted molar refractivity (Wildman–Crippen MR) is 82.5 cm³/mol. The van der Waals surface area contributed by atoms with Gasteiger partial charge in [0.2, 0.25) is 5.91 Å². The molecular weight excluding hydrogens is 266 g/mol. The zero-order valence-corrected chi connectivity index (χ0v) is 12.0. The topological polar surface area (TPSA) is 87.4 Å². The number of hydrogen-bond donors (Lipinski definition) is 4. The number of piperidine rings is 1. The van der Waals surface area contributed by atoms with E-state index in [4.69, 9.17) is 5.73 Å². The van der Waals surface area contributed by atoms with Gasteiger partial charge in [0.1, 0.15) is 0 Å². The number of aliphatic hydroxyl groups excluding tert-OH is 1. The van der Waals surface area contributed by atoms with Crippen LogP contribution in [0.3, 0.4) is 0 Å². The lowest BCUT2D eigenvalue weighted by atomic mass is 9.97. The van der Waals surface area contributed by atoms with Crippen molar-refractivity contribution in [2.45, 2.75) is 19.4 Å². The summed E-state index contributed by atoms with van der Waals surface area (Å²) < 4.78 is 0. The number of rotatable bonds is 3. The molecule has 1 aromatic carbocycles. The van der Waals surface area contributed by atoms with E-state index in [0.29, 0.717) is 11.3 Å². The molecule has 112 valence electrons. The van der Waals surface area contributed by atoms with Crippen molar-refractivity contribution in [3.8, 4) is 11.8 Å². The van der Waals surface area contributed by atoms with Crippen LogP contribution in [0.25, 0.3) is 0 Å². The van der Waals surface area contributed by atoms with E-state index in [2.05, 4.69) is 22.5 Å². The molecule has 1 aliphatic heterocycles. The number of carbonyl (C=O) groups excluding carboxylic acids is 1. The number of nitrogens with one attached hydrogen (secondary N) is 2. The van der Waals surface area contributed by atoms with Crippen LogP contribution in [-0.4, -0.2) is 30.6 Å². The summed E-state index contributed by atoms with van der Waals surface area (Å²) in [4.78, 5) is 12.2. The Bertz CT molecular complexity index is 554. The molecule has 0 saturated carbocycles. The van der Waals surface area contributed by atoms with Crippen molar-refractivity contribution in [3.05, 3.63) is 29.3 Å². The molecular formula is C16H21N3O2. The molecule has 21 heavy (non-hydrogen) atoms. The minimum absolute atomic E-state index is 0.0428. The minimum atomic E-state index is -0.119. The highest BCUT2D eigenvalue weighted by Gasteiger charge is 2.20. The van der Waals surface area contributed by atoms with Crippen molar-refractivity contribution in [1.29, 1.82) is 0 Å². The Morgan fingerprint density at radius 2 is 2.19 bits per heavy atom. The maximum atomic E-state index is 12.2. The lowest BCUT2D eigenvalue weighted by Gasteiger charge is -2.22. The van der Waals surface area contributed by atoms with Crippen molar-refractivity contribution >= 4 is 11.6 Å². The van der Waals surface area contributed by atoms with Gasteiger partial charge in [-0.1, -0.05) is 11.8 Å². The molecule has 1 fully saturated rings. The fourth-order valence-electron chi connectivity index (χ4n) is 2.40. The van der Waals surface area contributed by atoms with Gasteiger partial charge in [0.25, 0.3) is 0 Å². The van der Waals surface area contributed by atoms with Crippen LogP contribution in [0.1, 0.15) is 24.0 Å². The Morgan fingerprint density at radius 1 is 1.43 bits per heavy atom. The van der Waals surface area contributed by atoms with Gasteiger partial charge >= 0.3 is 0 Å². The van der Waals surface area contributed by atoms with E-state index in [1.807, 2.05) is 0 Å². The predicted octanol–water partition coefficient (Wildman–Crippen LogP) is 0.427. The van der Waals surface area contributed by atoms with Crippen LogP contribution in [0.4, 0.5) is 5.69 Å². The Labute approximate surface area is 124 Å². The van der Waals surface area contributed by atoms with E-state index >= 15 is 0 Å². The second-order valence-corrected chi connectivity index (χ2v) is 5.05. The average molecular weight is 287 g/mol. The van der Waals surface area contributed by atoms with Gasteiger partial charge in [0.05, 0.1) is 13.2 Å². The number of aliphatic hydroxyl groups is 1. The first-order valence-electron chi connectivity index (χ1n) is 7.19. The Balaban J connectivity index is 2.08. The van der Waals surface area contributed by atoms with E-state index in [-0.39, 0.29) is 25.0 Å². The van der Waals surface area contributed by atoms with Crippen molar-refractivity contribution in [1.82, 2.24) is 5.32 Å². The van der Waals surface area contributed by atoms with Crippen LogP contribution in [-0.2, 0) is 11.4 Å². The van der Waals surface area contributed by atoms with Crippen LogP contribution in [0.15, 0.2) is 18.2 Å². The fraction of sp³-hybridized carbons (Fsp3) is 0.438. The summed E-state index contributed by atoms with van der Waals surface area (Å²) in [6, 6.07) is 5.37. The number of anilines is 1. The van der Waals surface area contributed by atoms with E-state index in [1.54, 1.807) is 18.2 Å². The van der Waals surface area contributed by atoms with Crippen LogP contribution >= 0.6 is 0 Å². The molecule has 0 unspecified atom stereocenters. The molecule has 0 aromatic heterocycles. The second kappa shape index (κ2) is 7.79. The van der Waals surface area contributed by atoms with E-state index in [0.717, 1.165) is 31.5 Å². The van der Waals surface area contributed by atoms with Crippen molar-refractivity contribution in [2.75, 3.05) is 25.0 Å². The zero-order valence-electron chi connectivity index (χ0n) is 12.0. The minimum Gasteiger partial charge on any atom is -0.392 e. The highest BCUT2D eigenvalue weighted by molar-refractivity contribution is 5.92. The summed E-state index contributed by atoms with van der Waals surface area (Å²) >= 11 is 0. The molecule has 0 aliphatic carbocycles. The number of hydrogen-bond acceptors (Lipinski definition) is 4. The molecule has 5 heteroatoms. The maximum absolute atomic E-state index is 12.2. The van der Waals surface area contributed by atoms with Crippen LogP contribution in [0.5, 0.6) is 0 Å². The van der Waals surface area contributed by atoms with E-state index < -0.39 is 0 Å². The molecule has 1 aliphatic rings. The van der Waals surface area contributed by atoms with Gasteiger partial charge in [-0.15, -0.1) is 0 Å². The van der Waals surface area contributed by atoms with Crippen LogP contribution in [0.2, 0.25) is 0 Å². The van der Waals surface area contributed by atoms with Gasteiger partial charge < -0.3 is 21.5 Å². The molecule has 0 radical (unpaired) electrons. The van der Waals surface area contributed by atoms with Gasteiger partial charge in [-0.3, -0.25) is 4.79 Å². The van der Waals surface area contributed by atoms with E-state index in [9.17, 15) is 9.90 Å². The SMILES string of the molecule is NCC#Cc1ccc(NC(=O)C2CCNCC2)cc1CO. The van der Waals surface area contributed by atoms with Gasteiger partial charge in [-0.2, -0.15) is 0 Å². The lowest BCUT2D eigenvalue weighted by molar-refractivity contribution is -0.120. The van der Waals surface area contributed by atoms with Crippen LogP contribution < -0.4 is 16.4 Å². The van der Waals surface area contributed by atoms with Gasteiger partial charge in [-0.05, 0) is 49.7 Å². The summed E-state index contributed by atoms with van der Waals surface area (Å²) in [5.41, 5.74) is 7.48. The maximum Gasteiger partial charge on any atom is 0.227 e. The first kappa shape index (κ1) is 15.5. The first-order valence-corrected chi connectivity index (χ1v) is 7.19. The molecule has 1 amide bonds. The highest BCUT2D eigenvalue weighted by Crippen LogP contribution is 2.19. The Morgan fingerprint density at radius 3 is 2.86 bits per heavy atom. The van der Waals surface area contributed by atoms with Gasteiger partial charge in [-0.25, -0.2) is 0 Å². The van der Waals surface area contributed by atoms with Crippen molar-refractivity contribution in [3.63, 3.8) is 0 Å². The summed E-state index contributed by atoms with van der Waals surface area (Å²) in [6.07, 6.45) is 1.72. The molecule has 5 nitrogen and oxygen atoms in total. The molecule has 0 atom stereocenters. The third kappa shape index (κ3) is 4.30. The van der Waals surface area contributed by atoms with Crippen LogP contribution in [0, 0.1) is 17.8 Å². The molecule has 1 heterocycles. The number of benzene rings is 1. The fourth-order valence-corrected chi connectivity index (χ4v) is 2.40. The molecule has 1 aromatic rings. The second-order valence-electron chi connectivity index (χ2n) is 5.05. The molecule has 1 saturated heterocycles. The third-order valence-corrected chi connectivity index (χ3v) is 3.58. The standard InChI is InChI=1S/C16H21N3O2/c17-7-1-2-12-3-4-15(10-14(12)11-20)19-16(21)13-5-8-18-9-6-13/h3-4,10,13,18,20H,5-9,11,17H2,(H,19,21). The first-order chi connectivity index (χ1) is 10.2. The molecule has 0 spiro atoms. The number of nitrogens with two attached hydrogens (primary N) is 1. The lowest BCUT2D eigenvalue weighted by Crippen LogP contribution is -2.34. The summed E-state index contributed by atoms with van der Waals surface area (Å²) in [5, 5.41) is 15.6. The highest BCUT2D eigenvalue weighted by atomic mass is 16.3. The zero-order chi connectivity index (χ0) is 15.1. The Hall–Kier alpha value is -1.87. The number of amides is 1. The third-order valence-electron chi connectivity index (χ3n) is 3.58. The van der Waals surface area contributed by atoms with Crippen molar-refractivity contribution < 1.29 is 9.90 Å². The Kier molecular flexibility index (Phi) is 5.76. The van der Waals surface area contributed by atoms with E-state index in [1.165, 1.54) is 0 Å². The number of carbonyl (C=O) groups is 1.